The number of hydrogen-bond donors (Lipinski definition) is 3. The van der Waals surface area contributed by atoms with Gasteiger partial charge < -0.3 is 24.8 Å². The summed E-state index contributed by atoms with van der Waals surface area (Å²) >= 11 is 0. The van der Waals surface area contributed by atoms with Gasteiger partial charge in [-0.15, -0.1) is 0 Å². The molecule has 6 atom stereocenters. The Bertz CT molecular complexity index is 688. The predicted octanol–water partition coefficient (Wildman–Crippen LogP) is 0.907. The molecule has 2 unspecified atom stereocenters. The van der Waals surface area contributed by atoms with Crippen LogP contribution in [0.2, 0.25) is 0 Å². The molecule has 1 aromatic carbocycles. The minimum absolute atomic E-state index is 0.0108. The summed E-state index contributed by atoms with van der Waals surface area (Å²) in [6, 6.07) is 3.96. The normalized spacial score (nSPS) is 46.1. The van der Waals surface area contributed by atoms with Crippen molar-refractivity contribution < 1.29 is 24.8 Å². The lowest BCUT2D eigenvalue weighted by Crippen LogP contribution is -2.75. The molecule has 5 heteroatoms. The summed E-state index contributed by atoms with van der Waals surface area (Å²) in [7, 11) is 1.60. The van der Waals surface area contributed by atoms with Crippen LogP contribution < -0.4 is 9.47 Å². The summed E-state index contributed by atoms with van der Waals surface area (Å²) in [5.74, 6) is 1.30. The van der Waals surface area contributed by atoms with Crippen LogP contribution in [0.25, 0.3) is 0 Å². The van der Waals surface area contributed by atoms with E-state index in [-0.39, 0.29) is 12.3 Å². The minimum Gasteiger partial charge on any atom is -0.493 e. The summed E-state index contributed by atoms with van der Waals surface area (Å²) in [6.07, 6.45) is 1.29. The maximum Gasteiger partial charge on any atom is 0.166 e. The van der Waals surface area contributed by atoms with Crippen LogP contribution in [0.4, 0.5) is 0 Å². The first-order valence-electron chi connectivity index (χ1n) is 8.49. The molecule has 23 heavy (non-hydrogen) atoms. The number of rotatable bonds is 1. The Morgan fingerprint density at radius 2 is 2.13 bits per heavy atom. The molecule has 124 valence electrons. The first-order valence-corrected chi connectivity index (χ1v) is 8.49. The van der Waals surface area contributed by atoms with Gasteiger partial charge >= 0.3 is 0 Å². The Hall–Kier alpha value is -1.30. The molecule has 2 bridgehead atoms. The fourth-order valence-electron chi connectivity index (χ4n) is 6.05. The average molecular weight is 318 g/mol. The van der Waals surface area contributed by atoms with Gasteiger partial charge in [0, 0.05) is 12.0 Å². The van der Waals surface area contributed by atoms with Crippen LogP contribution in [0.15, 0.2) is 12.1 Å². The summed E-state index contributed by atoms with van der Waals surface area (Å²) < 4.78 is 11.6. The fourth-order valence-corrected chi connectivity index (χ4v) is 6.05. The molecule has 4 aliphatic rings. The number of methoxy groups -OCH3 is 1. The van der Waals surface area contributed by atoms with E-state index in [1.165, 1.54) is 5.56 Å². The fraction of sp³-hybridized carbons (Fsp3) is 0.667. The van der Waals surface area contributed by atoms with Gasteiger partial charge in [0.2, 0.25) is 0 Å². The van der Waals surface area contributed by atoms with Gasteiger partial charge in [0.05, 0.1) is 24.7 Å². The van der Waals surface area contributed by atoms with Gasteiger partial charge in [0.1, 0.15) is 11.7 Å². The molecule has 1 aliphatic heterocycles. The maximum atomic E-state index is 11.7. The van der Waals surface area contributed by atoms with Crippen LogP contribution >= 0.6 is 0 Å². The smallest absolute Gasteiger partial charge is 0.166 e. The van der Waals surface area contributed by atoms with Gasteiger partial charge in [-0.2, -0.15) is 0 Å². The van der Waals surface area contributed by atoms with Crippen molar-refractivity contribution >= 4 is 0 Å². The van der Waals surface area contributed by atoms with Gasteiger partial charge in [-0.3, -0.25) is 0 Å². The molecule has 1 heterocycles. The molecule has 0 aromatic heterocycles. The summed E-state index contributed by atoms with van der Waals surface area (Å²) in [4.78, 5) is 0. The van der Waals surface area contributed by atoms with Crippen LogP contribution in [-0.2, 0) is 11.8 Å². The van der Waals surface area contributed by atoms with Crippen LogP contribution in [0.1, 0.15) is 36.8 Å². The lowest BCUT2D eigenvalue weighted by atomic mass is 9.44. The van der Waals surface area contributed by atoms with Gasteiger partial charge in [-0.25, -0.2) is 0 Å². The largest absolute Gasteiger partial charge is 0.493 e. The maximum absolute atomic E-state index is 11.7. The van der Waals surface area contributed by atoms with E-state index in [0.717, 1.165) is 31.2 Å². The molecule has 5 nitrogen and oxygen atoms in total. The zero-order valence-electron chi connectivity index (χ0n) is 13.2. The molecular weight excluding hydrogens is 296 g/mol. The number of hydrogen-bond acceptors (Lipinski definition) is 5. The van der Waals surface area contributed by atoms with Crippen LogP contribution in [0.5, 0.6) is 11.5 Å². The average Bonchev–Trinajstić information content (AvgIpc) is 2.86. The van der Waals surface area contributed by atoms with Crippen molar-refractivity contribution in [2.45, 2.75) is 61.4 Å². The molecular formula is C18H22O5. The van der Waals surface area contributed by atoms with Crippen LogP contribution in [0.3, 0.4) is 0 Å². The molecule has 3 N–H and O–H groups in total. The zero-order chi connectivity index (χ0) is 16.0. The Morgan fingerprint density at radius 1 is 1.30 bits per heavy atom. The highest BCUT2D eigenvalue weighted by Crippen LogP contribution is 2.67. The number of benzene rings is 1. The molecule has 0 radical (unpaired) electrons. The van der Waals surface area contributed by atoms with E-state index in [9.17, 15) is 15.3 Å². The number of ether oxygens (including phenoxy) is 2. The highest BCUT2D eigenvalue weighted by atomic mass is 16.5. The Kier molecular flexibility index (Phi) is 2.57. The highest BCUT2D eigenvalue weighted by Gasteiger charge is 2.74. The SMILES string of the molecule is COc1ccc2c3c1O[C@H]1C(O)C[C@@H](O)[C@@]4(O)[C@H](CCCC314)C2. The molecule has 0 amide bonds. The molecule has 5 rings (SSSR count). The van der Waals surface area contributed by atoms with E-state index in [2.05, 4.69) is 6.07 Å². The van der Waals surface area contributed by atoms with Crippen molar-refractivity contribution in [2.75, 3.05) is 7.11 Å². The summed E-state index contributed by atoms with van der Waals surface area (Å²) in [5.41, 5.74) is 0.196. The second-order valence-electron chi connectivity index (χ2n) is 7.58. The highest BCUT2D eigenvalue weighted by molar-refractivity contribution is 5.62. The second-order valence-corrected chi connectivity index (χ2v) is 7.58. The molecule has 2 fully saturated rings. The monoisotopic (exact) mass is 318 g/mol. The van der Waals surface area contributed by atoms with Crippen LogP contribution in [-0.4, -0.2) is 46.3 Å². The van der Waals surface area contributed by atoms with Gasteiger partial charge in [0.25, 0.3) is 0 Å². The molecule has 3 aliphatic carbocycles. The topological polar surface area (TPSA) is 79.2 Å². The zero-order valence-corrected chi connectivity index (χ0v) is 13.2. The Labute approximate surface area is 134 Å². The van der Waals surface area contributed by atoms with E-state index in [1.807, 2.05) is 6.07 Å². The van der Waals surface area contributed by atoms with Gasteiger partial charge in [-0.1, -0.05) is 12.5 Å². The van der Waals surface area contributed by atoms with Crippen molar-refractivity contribution in [3.63, 3.8) is 0 Å². The third-order valence-corrected chi connectivity index (χ3v) is 6.85. The summed E-state index contributed by atoms with van der Waals surface area (Å²) in [5, 5.41) is 33.0. The quantitative estimate of drug-likeness (QED) is 0.717. The van der Waals surface area contributed by atoms with E-state index in [1.54, 1.807) is 7.11 Å². The van der Waals surface area contributed by atoms with E-state index < -0.39 is 29.3 Å². The Morgan fingerprint density at radius 3 is 2.91 bits per heavy atom. The van der Waals surface area contributed by atoms with E-state index >= 15 is 0 Å². The molecule has 0 saturated heterocycles. The van der Waals surface area contributed by atoms with Crippen molar-refractivity contribution in [2.24, 2.45) is 5.92 Å². The van der Waals surface area contributed by atoms with Crippen LogP contribution in [0, 0.1) is 5.92 Å². The standard InChI is InChI=1S/C18H22O5/c1-22-12-5-4-9-7-10-3-2-6-17-14(9)15(12)23-16(17)11(19)8-13(20)18(10,17)21/h4-5,10-11,13,16,19-21H,2-3,6-8H2,1H3/t10-,11?,13-,16+,17?,18+/m1/s1. The third-order valence-electron chi connectivity index (χ3n) is 6.85. The van der Waals surface area contributed by atoms with E-state index in [0.29, 0.717) is 11.5 Å². The predicted molar refractivity (Wildman–Crippen MR) is 81.7 cm³/mol. The van der Waals surface area contributed by atoms with Crippen molar-refractivity contribution in [3.05, 3.63) is 23.3 Å². The number of aliphatic hydroxyl groups excluding tert-OH is 2. The first-order chi connectivity index (χ1) is 11.0. The number of aliphatic hydroxyl groups is 3. The van der Waals surface area contributed by atoms with Gasteiger partial charge in [0.15, 0.2) is 11.5 Å². The lowest BCUT2D eigenvalue weighted by Gasteiger charge is -2.62. The minimum atomic E-state index is -1.22. The Balaban J connectivity index is 1.86. The van der Waals surface area contributed by atoms with Crippen molar-refractivity contribution in [1.29, 1.82) is 0 Å². The van der Waals surface area contributed by atoms with Gasteiger partial charge in [-0.05, 0) is 36.8 Å². The van der Waals surface area contributed by atoms with E-state index in [4.69, 9.17) is 9.47 Å². The molecule has 1 spiro atoms. The van der Waals surface area contributed by atoms with Crippen molar-refractivity contribution in [1.82, 2.24) is 0 Å². The molecule has 1 aromatic rings. The summed E-state index contributed by atoms with van der Waals surface area (Å²) in [6.45, 7) is 0. The van der Waals surface area contributed by atoms with Crippen molar-refractivity contribution in [3.8, 4) is 11.5 Å². The molecule has 2 saturated carbocycles. The second kappa shape index (κ2) is 4.21. The third kappa shape index (κ3) is 1.33. The first kappa shape index (κ1) is 14.1. The lowest BCUT2D eigenvalue weighted by molar-refractivity contribution is -0.246.